The van der Waals surface area contributed by atoms with Gasteiger partial charge in [0.05, 0.1) is 16.9 Å². The zero-order valence-corrected chi connectivity index (χ0v) is 15.2. The molecule has 0 spiro atoms. The van der Waals surface area contributed by atoms with Gasteiger partial charge in [-0.1, -0.05) is 55.8 Å². The Hall–Kier alpha value is -3.39. The third kappa shape index (κ3) is 4.06. The van der Waals surface area contributed by atoms with Gasteiger partial charge in [0, 0.05) is 10.9 Å². The summed E-state index contributed by atoms with van der Waals surface area (Å²) >= 11 is 0. The van der Waals surface area contributed by atoms with E-state index in [0.717, 1.165) is 35.7 Å². The van der Waals surface area contributed by atoms with Crippen molar-refractivity contribution in [2.75, 3.05) is 11.9 Å². The zero-order chi connectivity index (χ0) is 19.2. The van der Waals surface area contributed by atoms with E-state index >= 15 is 0 Å². The summed E-state index contributed by atoms with van der Waals surface area (Å²) in [6, 6.07) is 17.7. The highest BCUT2D eigenvalue weighted by Crippen LogP contribution is 2.33. The number of carboxylic acids is 1. The van der Waals surface area contributed by atoms with Gasteiger partial charge in [-0.3, -0.25) is 4.79 Å². The number of hydrogen-bond donors (Lipinski definition) is 2. The number of anilines is 1. The first-order chi connectivity index (χ1) is 13.1. The molecule has 0 aliphatic carbocycles. The summed E-state index contributed by atoms with van der Waals surface area (Å²) < 4.78 is 0. The Morgan fingerprint density at radius 3 is 2.59 bits per heavy atom. The van der Waals surface area contributed by atoms with Gasteiger partial charge >= 0.3 is 5.97 Å². The van der Waals surface area contributed by atoms with Crippen LogP contribution in [0, 0.1) is 11.3 Å². The maximum Gasteiger partial charge on any atom is 0.322 e. The fourth-order valence-corrected chi connectivity index (χ4v) is 3.09. The van der Waals surface area contributed by atoms with Gasteiger partial charge in [0.15, 0.2) is 0 Å². The monoisotopic (exact) mass is 359 g/mol. The normalized spacial score (nSPS) is 10.5. The molecule has 0 unspecified atom stereocenters. The first-order valence-electron chi connectivity index (χ1n) is 9.02. The topological polar surface area (TPSA) is 86.0 Å². The molecule has 2 aromatic carbocycles. The molecule has 0 saturated carbocycles. The number of carboxylic acid groups (broad SMARTS) is 1. The van der Waals surface area contributed by atoms with Crippen LogP contribution in [0.2, 0.25) is 0 Å². The molecule has 1 aromatic heterocycles. The fourth-order valence-electron chi connectivity index (χ4n) is 3.09. The van der Waals surface area contributed by atoms with Crippen molar-refractivity contribution in [3.8, 4) is 17.3 Å². The number of nitrogens with one attached hydrogen (secondary N) is 1. The summed E-state index contributed by atoms with van der Waals surface area (Å²) in [4.78, 5) is 15.7. The molecule has 0 saturated heterocycles. The molecule has 3 rings (SSSR count). The van der Waals surface area contributed by atoms with Gasteiger partial charge in [-0.15, -0.1) is 0 Å². The molecule has 0 radical (unpaired) electrons. The Bertz CT molecular complexity index is 1000. The highest BCUT2D eigenvalue weighted by atomic mass is 16.4. The quantitative estimate of drug-likeness (QED) is 0.643. The molecule has 5 nitrogen and oxygen atoms in total. The van der Waals surface area contributed by atoms with Gasteiger partial charge in [-0.25, -0.2) is 4.98 Å². The Kier molecular flexibility index (Phi) is 5.68. The van der Waals surface area contributed by atoms with Crippen molar-refractivity contribution in [2.24, 2.45) is 0 Å². The first kappa shape index (κ1) is 18.4. The molecule has 3 aromatic rings. The van der Waals surface area contributed by atoms with Gasteiger partial charge < -0.3 is 10.4 Å². The van der Waals surface area contributed by atoms with Gasteiger partial charge in [-0.05, 0) is 24.5 Å². The summed E-state index contributed by atoms with van der Waals surface area (Å²) in [7, 11) is 0. The Balaban J connectivity index is 2.12. The maximum atomic E-state index is 11.0. The molecule has 5 heteroatoms. The largest absolute Gasteiger partial charge is 0.480 e. The minimum atomic E-state index is -0.985. The number of aromatic nitrogens is 1. The smallest absolute Gasteiger partial charge is 0.322 e. The number of aryl methyl sites for hydroxylation is 1. The number of carbonyl (C=O) groups is 1. The Morgan fingerprint density at radius 1 is 1.19 bits per heavy atom. The molecule has 0 aliphatic heterocycles. The predicted molar refractivity (Wildman–Crippen MR) is 107 cm³/mol. The van der Waals surface area contributed by atoms with Crippen LogP contribution < -0.4 is 5.32 Å². The van der Waals surface area contributed by atoms with Gasteiger partial charge in [0.2, 0.25) is 0 Å². The van der Waals surface area contributed by atoms with E-state index in [0.29, 0.717) is 16.9 Å². The van der Waals surface area contributed by atoms with E-state index in [1.807, 2.05) is 36.4 Å². The van der Waals surface area contributed by atoms with E-state index in [1.54, 1.807) is 0 Å². The second-order valence-electron chi connectivity index (χ2n) is 6.39. The molecule has 2 N–H and O–H groups in total. The number of fused-ring (bicyclic) bond motifs is 1. The second kappa shape index (κ2) is 8.33. The van der Waals surface area contributed by atoms with Crippen LogP contribution in [-0.2, 0) is 11.2 Å². The lowest BCUT2D eigenvalue weighted by Gasteiger charge is -2.14. The molecule has 0 amide bonds. The zero-order valence-electron chi connectivity index (χ0n) is 15.2. The van der Waals surface area contributed by atoms with Gasteiger partial charge in [-0.2, -0.15) is 5.26 Å². The lowest BCUT2D eigenvalue weighted by Crippen LogP contribution is -2.14. The van der Waals surface area contributed by atoms with Crippen molar-refractivity contribution < 1.29 is 9.90 Å². The van der Waals surface area contributed by atoms with Crippen LogP contribution in [-0.4, -0.2) is 22.6 Å². The van der Waals surface area contributed by atoms with Crippen molar-refractivity contribution in [2.45, 2.75) is 26.2 Å². The molecule has 0 atom stereocenters. The summed E-state index contributed by atoms with van der Waals surface area (Å²) in [5, 5.41) is 22.4. The number of para-hydroxylation sites is 1. The van der Waals surface area contributed by atoms with Crippen molar-refractivity contribution in [3.63, 3.8) is 0 Å². The van der Waals surface area contributed by atoms with Crippen molar-refractivity contribution in [3.05, 3.63) is 59.7 Å². The van der Waals surface area contributed by atoms with Crippen molar-refractivity contribution >= 4 is 22.6 Å². The molecule has 1 heterocycles. The van der Waals surface area contributed by atoms with Crippen LogP contribution in [0.4, 0.5) is 5.69 Å². The van der Waals surface area contributed by atoms with Gasteiger partial charge in [0.25, 0.3) is 0 Å². The third-order valence-corrected chi connectivity index (χ3v) is 4.47. The number of benzene rings is 2. The van der Waals surface area contributed by atoms with Crippen molar-refractivity contribution in [1.82, 2.24) is 4.98 Å². The summed E-state index contributed by atoms with van der Waals surface area (Å²) in [5.41, 5.74) is 4.24. The van der Waals surface area contributed by atoms with Crippen LogP contribution in [0.5, 0.6) is 0 Å². The standard InChI is InChI=1S/C22H21N3O2/c1-2-3-6-15-9-11-16(12-10-15)21-18(13-23)22(24-14-20(26)27)17-7-4-5-8-19(17)25-21/h4-5,7-12H,2-3,6,14H2,1H3,(H,24,25)(H,26,27). The summed E-state index contributed by atoms with van der Waals surface area (Å²) in [6.45, 7) is 1.90. The molecule has 136 valence electrons. The van der Waals surface area contributed by atoms with E-state index < -0.39 is 5.97 Å². The molecule has 27 heavy (non-hydrogen) atoms. The van der Waals surface area contributed by atoms with Gasteiger partial charge in [0.1, 0.15) is 18.2 Å². The minimum Gasteiger partial charge on any atom is -0.480 e. The second-order valence-corrected chi connectivity index (χ2v) is 6.39. The summed E-state index contributed by atoms with van der Waals surface area (Å²) in [5.74, 6) is -0.985. The average Bonchev–Trinajstić information content (AvgIpc) is 2.70. The number of nitrogens with zero attached hydrogens (tertiary/aromatic N) is 2. The van der Waals surface area contributed by atoms with E-state index in [4.69, 9.17) is 5.11 Å². The number of aliphatic carboxylic acids is 1. The number of unbranched alkanes of at least 4 members (excludes halogenated alkanes) is 1. The third-order valence-electron chi connectivity index (χ3n) is 4.47. The van der Waals surface area contributed by atoms with Crippen LogP contribution >= 0.6 is 0 Å². The number of rotatable bonds is 7. The van der Waals surface area contributed by atoms with Crippen molar-refractivity contribution in [1.29, 1.82) is 5.26 Å². The number of nitriles is 1. The average molecular weight is 359 g/mol. The molecule has 0 fully saturated rings. The van der Waals surface area contributed by atoms with E-state index in [-0.39, 0.29) is 6.54 Å². The minimum absolute atomic E-state index is 0.266. The van der Waals surface area contributed by atoms with E-state index in [1.165, 1.54) is 5.56 Å². The molecular formula is C22H21N3O2. The van der Waals surface area contributed by atoms with E-state index in [9.17, 15) is 10.1 Å². The fraction of sp³-hybridized carbons (Fsp3) is 0.227. The summed E-state index contributed by atoms with van der Waals surface area (Å²) in [6.07, 6.45) is 3.31. The highest BCUT2D eigenvalue weighted by molar-refractivity contribution is 5.98. The lowest BCUT2D eigenvalue weighted by molar-refractivity contribution is -0.134. The Morgan fingerprint density at radius 2 is 1.93 bits per heavy atom. The Labute approximate surface area is 158 Å². The van der Waals surface area contributed by atoms with Crippen LogP contribution in [0.15, 0.2) is 48.5 Å². The predicted octanol–water partition coefficient (Wildman–Crippen LogP) is 4.61. The molecular weight excluding hydrogens is 338 g/mol. The first-order valence-corrected chi connectivity index (χ1v) is 9.02. The van der Waals surface area contributed by atoms with Crippen LogP contribution in [0.25, 0.3) is 22.2 Å². The van der Waals surface area contributed by atoms with Crippen LogP contribution in [0.3, 0.4) is 0 Å². The van der Waals surface area contributed by atoms with E-state index in [2.05, 4.69) is 35.4 Å². The number of hydrogen-bond acceptors (Lipinski definition) is 4. The lowest BCUT2D eigenvalue weighted by atomic mass is 9.99. The number of pyridine rings is 1. The molecule has 0 bridgehead atoms. The van der Waals surface area contributed by atoms with Crippen LogP contribution in [0.1, 0.15) is 30.9 Å². The highest BCUT2D eigenvalue weighted by Gasteiger charge is 2.17. The maximum absolute atomic E-state index is 11.0. The molecule has 0 aliphatic rings. The SMILES string of the molecule is CCCCc1ccc(-c2nc3ccccc3c(NCC(=O)O)c2C#N)cc1.